The number of nitrogens with zero attached hydrogens (tertiary/aromatic N) is 2. The van der Waals surface area contributed by atoms with Gasteiger partial charge in [0.05, 0.1) is 4.90 Å². The number of piperazine rings is 1. The van der Waals surface area contributed by atoms with Crippen LogP contribution in [0.15, 0.2) is 57.9 Å². The molecule has 2 aromatic rings. The van der Waals surface area contributed by atoms with Crippen molar-refractivity contribution in [3.63, 3.8) is 0 Å². The summed E-state index contributed by atoms with van der Waals surface area (Å²) in [7, 11) is -3.56. The van der Waals surface area contributed by atoms with E-state index in [0.717, 1.165) is 0 Å². The van der Waals surface area contributed by atoms with Gasteiger partial charge in [-0.2, -0.15) is 4.31 Å². The number of halogens is 2. The molecule has 2 aromatic carbocycles. The molecule has 25 heavy (non-hydrogen) atoms. The number of benzene rings is 2. The van der Waals surface area contributed by atoms with Crippen LogP contribution in [0.4, 0.5) is 0 Å². The van der Waals surface area contributed by atoms with Gasteiger partial charge in [0.15, 0.2) is 0 Å². The van der Waals surface area contributed by atoms with Gasteiger partial charge < -0.3 is 4.90 Å². The Morgan fingerprint density at radius 1 is 1.00 bits per heavy atom. The van der Waals surface area contributed by atoms with E-state index in [2.05, 4.69) is 15.9 Å². The molecule has 5 nitrogen and oxygen atoms in total. The van der Waals surface area contributed by atoms with E-state index in [1.807, 2.05) is 0 Å². The minimum atomic E-state index is -3.56. The molecule has 0 radical (unpaired) electrons. The first-order chi connectivity index (χ1) is 11.9. The van der Waals surface area contributed by atoms with E-state index in [0.29, 0.717) is 28.1 Å². The summed E-state index contributed by atoms with van der Waals surface area (Å²) in [6.45, 7) is 1.26. The van der Waals surface area contributed by atoms with Gasteiger partial charge in [-0.05, 0) is 42.5 Å². The van der Waals surface area contributed by atoms with Crippen molar-refractivity contribution >= 4 is 43.5 Å². The molecule has 0 N–H and O–H groups in total. The fourth-order valence-corrected chi connectivity index (χ4v) is 4.83. The van der Waals surface area contributed by atoms with E-state index in [1.54, 1.807) is 53.4 Å². The highest BCUT2D eigenvalue weighted by Crippen LogP contribution is 2.22. The zero-order valence-corrected chi connectivity index (χ0v) is 16.4. The Kier molecular flexibility index (Phi) is 5.48. The van der Waals surface area contributed by atoms with Gasteiger partial charge >= 0.3 is 0 Å². The van der Waals surface area contributed by atoms with Crippen LogP contribution >= 0.6 is 27.5 Å². The molecule has 1 amide bonds. The Bertz CT molecular complexity index is 879. The average molecular weight is 444 g/mol. The molecule has 0 spiro atoms. The maximum atomic E-state index is 12.7. The third kappa shape index (κ3) is 4.06. The van der Waals surface area contributed by atoms with Crippen LogP contribution in [0.1, 0.15) is 10.4 Å². The molecule has 0 unspecified atom stereocenters. The third-order valence-corrected chi connectivity index (χ3v) is 6.69. The molecule has 1 saturated heterocycles. The van der Waals surface area contributed by atoms with E-state index in [1.165, 1.54) is 4.31 Å². The predicted octanol–water partition coefficient (Wildman–Crippen LogP) is 3.25. The number of amides is 1. The molecule has 0 bridgehead atoms. The molecule has 8 heteroatoms. The van der Waals surface area contributed by atoms with E-state index in [4.69, 9.17) is 11.6 Å². The molecule has 0 atom stereocenters. The molecule has 0 saturated carbocycles. The van der Waals surface area contributed by atoms with E-state index in [-0.39, 0.29) is 23.9 Å². The smallest absolute Gasteiger partial charge is 0.253 e. The molecule has 0 aliphatic carbocycles. The van der Waals surface area contributed by atoms with Crippen molar-refractivity contribution in [1.29, 1.82) is 0 Å². The van der Waals surface area contributed by atoms with E-state index in [9.17, 15) is 13.2 Å². The van der Waals surface area contributed by atoms with Crippen LogP contribution in [-0.4, -0.2) is 49.7 Å². The Balaban J connectivity index is 1.69. The van der Waals surface area contributed by atoms with E-state index >= 15 is 0 Å². The quantitative estimate of drug-likeness (QED) is 0.732. The van der Waals surface area contributed by atoms with Crippen LogP contribution in [0.5, 0.6) is 0 Å². The summed E-state index contributed by atoms with van der Waals surface area (Å²) in [6.07, 6.45) is 0. The van der Waals surface area contributed by atoms with Crippen LogP contribution in [0, 0.1) is 0 Å². The van der Waals surface area contributed by atoms with Crippen LogP contribution < -0.4 is 0 Å². The highest BCUT2D eigenvalue weighted by atomic mass is 79.9. The SMILES string of the molecule is O=C(c1ccc(Cl)cc1)N1CCN(S(=O)(=O)c2cccc(Br)c2)CC1. The first kappa shape index (κ1) is 18.4. The van der Waals surface area contributed by atoms with Crippen molar-refractivity contribution < 1.29 is 13.2 Å². The predicted molar refractivity (Wildman–Crippen MR) is 100 cm³/mol. The van der Waals surface area contributed by atoms with Gasteiger partial charge in [-0.3, -0.25) is 4.79 Å². The van der Waals surface area contributed by atoms with Crippen molar-refractivity contribution in [1.82, 2.24) is 9.21 Å². The lowest BCUT2D eigenvalue weighted by Gasteiger charge is -2.34. The largest absolute Gasteiger partial charge is 0.336 e. The topological polar surface area (TPSA) is 57.7 Å². The first-order valence-electron chi connectivity index (χ1n) is 7.68. The van der Waals surface area contributed by atoms with Crippen molar-refractivity contribution in [3.8, 4) is 0 Å². The second-order valence-electron chi connectivity index (χ2n) is 5.66. The lowest BCUT2D eigenvalue weighted by atomic mass is 10.2. The van der Waals surface area contributed by atoms with Gasteiger partial charge in [0, 0.05) is 41.2 Å². The Morgan fingerprint density at radius 2 is 1.64 bits per heavy atom. The monoisotopic (exact) mass is 442 g/mol. The summed E-state index contributed by atoms with van der Waals surface area (Å²) < 4.78 is 27.6. The molecular weight excluding hydrogens is 428 g/mol. The summed E-state index contributed by atoms with van der Waals surface area (Å²) in [5.74, 6) is -0.115. The molecule has 1 heterocycles. The Labute approximate surface area is 160 Å². The number of carbonyl (C=O) groups is 1. The number of carbonyl (C=O) groups excluding carboxylic acids is 1. The van der Waals surface area contributed by atoms with Crippen molar-refractivity contribution in [3.05, 3.63) is 63.6 Å². The van der Waals surface area contributed by atoms with Crippen molar-refractivity contribution in [2.45, 2.75) is 4.90 Å². The maximum Gasteiger partial charge on any atom is 0.253 e. The Morgan fingerprint density at radius 3 is 2.24 bits per heavy atom. The van der Waals surface area contributed by atoms with Gasteiger partial charge in [-0.1, -0.05) is 33.6 Å². The Hall–Kier alpha value is -1.41. The number of sulfonamides is 1. The third-order valence-electron chi connectivity index (χ3n) is 4.05. The molecule has 3 rings (SSSR count). The van der Waals surface area contributed by atoms with E-state index < -0.39 is 10.0 Å². The lowest BCUT2D eigenvalue weighted by Crippen LogP contribution is -2.50. The summed E-state index contributed by atoms with van der Waals surface area (Å²) >= 11 is 9.13. The molecular formula is C17H16BrClN2O3S. The highest BCUT2D eigenvalue weighted by Gasteiger charge is 2.30. The van der Waals surface area contributed by atoms with Gasteiger partial charge in [-0.15, -0.1) is 0 Å². The maximum absolute atomic E-state index is 12.7. The molecule has 1 aliphatic heterocycles. The molecule has 0 aromatic heterocycles. The highest BCUT2D eigenvalue weighted by molar-refractivity contribution is 9.10. The summed E-state index contributed by atoms with van der Waals surface area (Å²) in [5.41, 5.74) is 0.549. The summed E-state index contributed by atoms with van der Waals surface area (Å²) in [5, 5.41) is 0.571. The van der Waals surface area contributed by atoms with Crippen LogP contribution in [0.3, 0.4) is 0 Å². The number of rotatable bonds is 3. The van der Waals surface area contributed by atoms with Gasteiger partial charge in [0.25, 0.3) is 5.91 Å². The van der Waals surface area contributed by atoms with Gasteiger partial charge in [-0.25, -0.2) is 8.42 Å². The second kappa shape index (κ2) is 7.45. The standard InChI is InChI=1S/C17H16BrClN2O3S/c18-14-2-1-3-16(12-14)25(23,24)21-10-8-20(9-11-21)17(22)13-4-6-15(19)7-5-13/h1-7,12H,8-11H2. The second-order valence-corrected chi connectivity index (χ2v) is 8.95. The minimum absolute atomic E-state index is 0.115. The zero-order valence-electron chi connectivity index (χ0n) is 13.2. The first-order valence-corrected chi connectivity index (χ1v) is 10.3. The average Bonchev–Trinajstić information content (AvgIpc) is 2.62. The van der Waals surface area contributed by atoms with Crippen LogP contribution in [0.2, 0.25) is 5.02 Å². The zero-order chi connectivity index (χ0) is 18.0. The van der Waals surface area contributed by atoms with Crippen LogP contribution in [0.25, 0.3) is 0 Å². The minimum Gasteiger partial charge on any atom is -0.336 e. The molecule has 1 fully saturated rings. The normalized spacial score (nSPS) is 16.0. The van der Waals surface area contributed by atoms with Gasteiger partial charge in [0.2, 0.25) is 10.0 Å². The molecule has 132 valence electrons. The van der Waals surface area contributed by atoms with Crippen molar-refractivity contribution in [2.24, 2.45) is 0 Å². The number of hydrogen-bond acceptors (Lipinski definition) is 3. The number of hydrogen-bond donors (Lipinski definition) is 0. The summed E-state index contributed by atoms with van der Waals surface area (Å²) in [4.78, 5) is 14.4. The lowest BCUT2D eigenvalue weighted by molar-refractivity contribution is 0.0698. The fraction of sp³-hybridized carbons (Fsp3) is 0.235. The summed E-state index contributed by atoms with van der Waals surface area (Å²) in [6, 6.07) is 13.3. The van der Waals surface area contributed by atoms with Crippen LogP contribution in [-0.2, 0) is 10.0 Å². The molecule has 1 aliphatic rings. The van der Waals surface area contributed by atoms with Gasteiger partial charge in [0.1, 0.15) is 0 Å². The van der Waals surface area contributed by atoms with Crippen molar-refractivity contribution in [2.75, 3.05) is 26.2 Å². The fourth-order valence-electron chi connectivity index (χ4n) is 2.68.